The highest BCUT2D eigenvalue weighted by atomic mass is 15.3. The van der Waals surface area contributed by atoms with Gasteiger partial charge >= 0.3 is 0 Å². The molecule has 1 fully saturated rings. The van der Waals surface area contributed by atoms with E-state index in [1.54, 1.807) is 0 Å². The molecule has 0 aromatic carbocycles. The fraction of sp³-hybridized carbons (Fsp3) is 1.00. The van der Waals surface area contributed by atoms with Crippen LogP contribution in [0.1, 0.15) is 26.7 Å². The summed E-state index contributed by atoms with van der Waals surface area (Å²) in [5.74, 6) is 5.39. The van der Waals surface area contributed by atoms with Crippen molar-refractivity contribution in [1.29, 1.82) is 0 Å². The summed E-state index contributed by atoms with van der Waals surface area (Å²) < 4.78 is 0. The first-order chi connectivity index (χ1) is 5.27. The third kappa shape index (κ3) is 2.15. The zero-order valence-corrected chi connectivity index (χ0v) is 7.51. The number of rotatable bonds is 2. The van der Waals surface area contributed by atoms with Gasteiger partial charge in [-0.15, -0.1) is 0 Å². The molecule has 1 aliphatic heterocycles. The maximum absolute atomic E-state index is 5.39. The molecule has 11 heavy (non-hydrogen) atoms. The number of nitrogens with two attached hydrogens (primary N) is 1. The molecule has 0 aliphatic carbocycles. The Labute approximate surface area is 68.9 Å². The van der Waals surface area contributed by atoms with Gasteiger partial charge in [-0.05, 0) is 26.3 Å². The van der Waals surface area contributed by atoms with Crippen LogP contribution in [0.4, 0.5) is 0 Å². The molecular weight excluding hydrogens is 138 g/mol. The molecule has 0 aromatic rings. The highest BCUT2D eigenvalue weighted by Crippen LogP contribution is 2.15. The average molecular weight is 157 g/mol. The monoisotopic (exact) mass is 157 g/mol. The Kier molecular flexibility index (Phi) is 3.30. The Bertz CT molecular complexity index is 116. The van der Waals surface area contributed by atoms with Crippen molar-refractivity contribution < 1.29 is 0 Å². The van der Waals surface area contributed by atoms with Crippen LogP contribution in [0, 0.1) is 0 Å². The highest BCUT2D eigenvalue weighted by Gasteiger charge is 2.22. The van der Waals surface area contributed by atoms with E-state index in [-0.39, 0.29) is 0 Å². The summed E-state index contributed by atoms with van der Waals surface area (Å²) in [6.07, 6.45) is 2.48. The van der Waals surface area contributed by atoms with Crippen molar-refractivity contribution in [2.45, 2.75) is 38.8 Å². The largest absolute Gasteiger partial charge is 0.299 e. The Hall–Kier alpha value is -0.120. The molecule has 0 spiro atoms. The molecule has 0 aromatic heterocycles. The van der Waals surface area contributed by atoms with Crippen molar-refractivity contribution in [3.8, 4) is 0 Å². The second-order valence-corrected chi connectivity index (χ2v) is 3.38. The van der Waals surface area contributed by atoms with Crippen LogP contribution in [-0.2, 0) is 0 Å². The van der Waals surface area contributed by atoms with Gasteiger partial charge < -0.3 is 0 Å². The van der Waals surface area contributed by atoms with Crippen molar-refractivity contribution in [3.05, 3.63) is 0 Å². The van der Waals surface area contributed by atoms with Gasteiger partial charge in [0.2, 0.25) is 0 Å². The van der Waals surface area contributed by atoms with Crippen molar-refractivity contribution in [1.82, 2.24) is 10.3 Å². The topological polar surface area (TPSA) is 41.3 Å². The lowest BCUT2D eigenvalue weighted by Crippen LogP contribution is -2.51. The minimum Gasteiger partial charge on any atom is -0.299 e. The third-order valence-corrected chi connectivity index (χ3v) is 2.65. The smallest absolute Gasteiger partial charge is 0.0338 e. The fourth-order valence-electron chi connectivity index (χ4n) is 1.76. The van der Waals surface area contributed by atoms with Crippen LogP contribution >= 0.6 is 0 Å². The van der Waals surface area contributed by atoms with E-state index in [0.717, 1.165) is 19.1 Å². The number of hydrogen-bond donors (Lipinski definition) is 2. The molecule has 66 valence electrons. The van der Waals surface area contributed by atoms with Crippen LogP contribution in [0.5, 0.6) is 0 Å². The Morgan fingerprint density at radius 3 is 2.82 bits per heavy atom. The number of likely N-dealkylation sites (tertiary alicyclic amines) is 1. The van der Waals surface area contributed by atoms with Crippen LogP contribution in [-0.4, -0.2) is 30.1 Å². The first kappa shape index (κ1) is 8.97. The van der Waals surface area contributed by atoms with Gasteiger partial charge in [0.1, 0.15) is 0 Å². The zero-order chi connectivity index (χ0) is 8.27. The standard InChI is InChI=1S/C8H19N3/c1-3-11-6-8(10-9)5-4-7(11)2/h7-8,10H,3-6,9H2,1-2H3/t7-,8-/m1/s1. The fourth-order valence-corrected chi connectivity index (χ4v) is 1.76. The summed E-state index contributed by atoms with van der Waals surface area (Å²) in [5.41, 5.74) is 2.85. The molecule has 0 amide bonds. The second kappa shape index (κ2) is 4.04. The van der Waals surface area contributed by atoms with Gasteiger partial charge in [-0.2, -0.15) is 0 Å². The predicted octanol–water partition coefficient (Wildman–Crippen LogP) is 0.323. The van der Waals surface area contributed by atoms with Crippen LogP contribution in [0.15, 0.2) is 0 Å². The molecule has 1 rings (SSSR count). The Morgan fingerprint density at radius 2 is 2.27 bits per heavy atom. The van der Waals surface area contributed by atoms with Gasteiger partial charge in [-0.1, -0.05) is 6.92 Å². The number of nitrogens with zero attached hydrogens (tertiary/aromatic N) is 1. The predicted molar refractivity (Wildman–Crippen MR) is 47.1 cm³/mol. The first-order valence-electron chi connectivity index (χ1n) is 4.48. The SMILES string of the molecule is CCN1C[C@H](NN)CC[C@H]1C. The molecule has 0 radical (unpaired) electrons. The number of hydrogen-bond acceptors (Lipinski definition) is 3. The van der Waals surface area contributed by atoms with Crippen LogP contribution in [0.2, 0.25) is 0 Å². The van der Waals surface area contributed by atoms with Gasteiger partial charge in [0, 0.05) is 18.6 Å². The average Bonchev–Trinajstić information content (AvgIpc) is 2.05. The van der Waals surface area contributed by atoms with E-state index in [1.165, 1.54) is 12.8 Å². The van der Waals surface area contributed by atoms with Crippen molar-refractivity contribution in [2.24, 2.45) is 5.84 Å². The van der Waals surface area contributed by atoms with Gasteiger partial charge in [-0.25, -0.2) is 0 Å². The minimum atomic E-state index is 0.506. The van der Waals surface area contributed by atoms with E-state index in [0.29, 0.717) is 6.04 Å². The van der Waals surface area contributed by atoms with E-state index in [4.69, 9.17) is 5.84 Å². The summed E-state index contributed by atoms with van der Waals surface area (Å²) in [6, 6.07) is 1.25. The molecule has 1 aliphatic rings. The molecule has 3 N–H and O–H groups in total. The van der Waals surface area contributed by atoms with Gasteiger partial charge in [0.05, 0.1) is 0 Å². The van der Waals surface area contributed by atoms with E-state index in [1.807, 2.05) is 0 Å². The minimum absolute atomic E-state index is 0.506. The van der Waals surface area contributed by atoms with Crippen molar-refractivity contribution >= 4 is 0 Å². The molecule has 3 nitrogen and oxygen atoms in total. The summed E-state index contributed by atoms with van der Waals surface area (Å²) >= 11 is 0. The molecule has 1 heterocycles. The summed E-state index contributed by atoms with van der Waals surface area (Å²) in [5, 5.41) is 0. The molecule has 2 atom stereocenters. The molecule has 0 unspecified atom stereocenters. The van der Waals surface area contributed by atoms with E-state index < -0.39 is 0 Å². The van der Waals surface area contributed by atoms with Crippen LogP contribution in [0.25, 0.3) is 0 Å². The molecule has 0 saturated carbocycles. The maximum atomic E-state index is 5.39. The molecule has 1 saturated heterocycles. The van der Waals surface area contributed by atoms with Gasteiger partial charge in [0.15, 0.2) is 0 Å². The number of hydrazine groups is 1. The van der Waals surface area contributed by atoms with Crippen LogP contribution < -0.4 is 11.3 Å². The van der Waals surface area contributed by atoms with Gasteiger partial charge in [-0.3, -0.25) is 16.2 Å². The normalized spacial score (nSPS) is 34.1. The first-order valence-corrected chi connectivity index (χ1v) is 4.48. The van der Waals surface area contributed by atoms with Gasteiger partial charge in [0.25, 0.3) is 0 Å². The number of piperidine rings is 1. The number of likely N-dealkylation sites (N-methyl/N-ethyl adjacent to an activating group) is 1. The van der Waals surface area contributed by atoms with E-state index in [2.05, 4.69) is 24.2 Å². The third-order valence-electron chi connectivity index (χ3n) is 2.65. The lowest BCUT2D eigenvalue weighted by atomic mass is 10.0. The second-order valence-electron chi connectivity index (χ2n) is 3.38. The summed E-state index contributed by atoms with van der Waals surface area (Å²) in [4.78, 5) is 2.47. The van der Waals surface area contributed by atoms with Crippen molar-refractivity contribution in [2.75, 3.05) is 13.1 Å². The quantitative estimate of drug-likeness (QED) is 0.448. The lowest BCUT2D eigenvalue weighted by molar-refractivity contribution is 0.140. The van der Waals surface area contributed by atoms with E-state index >= 15 is 0 Å². The lowest BCUT2D eigenvalue weighted by Gasteiger charge is -2.36. The molecule has 3 heteroatoms. The maximum Gasteiger partial charge on any atom is 0.0338 e. The molecular formula is C8H19N3. The molecule has 0 bridgehead atoms. The zero-order valence-electron chi connectivity index (χ0n) is 7.51. The Balaban J connectivity index is 2.37. The van der Waals surface area contributed by atoms with Crippen molar-refractivity contribution in [3.63, 3.8) is 0 Å². The highest BCUT2D eigenvalue weighted by molar-refractivity contribution is 4.80. The van der Waals surface area contributed by atoms with E-state index in [9.17, 15) is 0 Å². The Morgan fingerprint density at radius 1 is 1.55 bits per heavy atom. The summed E-state index contributed by atoms with van der Waals surface area (Å²) in [6.45, 7) is 6.74. The summed E-state index contributed by atoms with van der Waals surface area (Å²) in [7, 11) is 0. The van der Waals surface area contributed by atoms with Crippen LogP contribution in [0.3, 0.4) is 0 Å². The number of nitrogens with one attached hydrogen (secondary N) is 1.